The van der Waals surface area contributed by atoms with E-state index >= 15 is 0 Å². The monoisotopic (exact) mass is 231 g/mol. The molecule has 6 nitrogen and oxygen atoms in total. The van der Waals surface area contributed by atoms with Gasteiger partial charge in [-0.05, 0) is 12.1 Å². The molecule has 0 radical (unpaired) electrons. The van der Waals surface area contributed by atoms with Crippen LogP contribution in [0.5, 0.6) is 0 Å². The quantitative estimate of drug-likeness (QED) is 0.529. The molecular weight excluding hydrogens is 222 g/mol. The first-order chi connectivity index (χ1) is 8.15. The summed E-state index contributed by atoms with van der Waals surface area (Å²) in [7, 11) is 0. The van der Waals surface area contributed by atoms with Crippen LogP contribution >= 0.6 is 0 Å². The second-order valence-electron chi connectivity index (χ2n) is 3.62. The van der Waals surface area contributed by atoms with E-state index in [1.165, 1.54) is 0 Å². The van der Waals surface area contributed by atoms with E-state index in [0.717, 1.165) is 4.90 Å². The third-order valence-electron chi connectivity index (χ3n) is 2.49. The first-order valence-corrected chi connectivity index (χ1v) is 4.99. The highest BCUT2D eigenvalue weighted by Gasteiger charge is 2.36. The van der Waals surface area contributed by atoms with Gasteiger partial charge in [-0.15, -0.1) is 0 Å². The Labute approximate surface area is 96.7 Å². The van der Waals surface area contributed by atoms with E-state index in [-0.39, 0.29) is 13.1 Å². The molecule has 0 saturated carbocycles. The van der Waals surface area contributed by atoms with E-state index in [2.05, 4.69) is 0 Å². The number of benzene rings is 1. The minimum atomic E-state index is -0.475. The second kappa shape index (κ2) is 4.25. The van der Waals surface area contributed by atoms with Crippen molar-refractivity contribution in [2.24, 2.45) is 0 Å². The van der Waals surface area contributed by atoms with E-state index in [1.807, 2.05) is 0 Å². The Balaban J connectivity index is 2.24. The zero-order valence-electron chi connectivity index (χ0n) is 8.84. The number of Topliss-reactive ketones (excluding diaryl/α,β-unsaturated/α-hetero) is 1. The molecule has 0 aliphatic carbocycles. The fourth-order valence-corrected chi connectivity index (χ4v) is 1.70. The molecule has 1 aromatic rings. The Morgan fingerprint density at radius 1 is 1.18 bits per heavy atom. The van der Waals surface area contributed by atoms with Crippen LogP contribution in [-0.4, -0.2) is 35.6 Å². The predicted octanol–water partition coefficient (Wildman–Crippen LogP) is -1.05. The lowest BCUT2D eigenvalue weighted by molar-refractivity contribution is -0.467. The molecule has 1 aliphatic rings. The van der Waals surface area contributed by atoms with Crippen LogP contribution in [0.1, 0.15) is 20.7 Å². The van der Waals surface area contributed by atoms with Crippen molar-refractivity contribution < 1.29 is 19.5 Å². The molecule has 2 amide bonds. The molecule has 0 aromatic heterocycles. The minimum Gasteiger partial charge on any atom is -0.508 e. The molecule has 2 rings (SSSR count). The van der Waals surface area contributed by atoms with Gasteiger partial charge in [0.05, 0.1) is 17.7 Å². The minimum absolute atomic E-state index is 0.298. The molecule has 1 N–H and O–H groups in total. The third-order valence-corrected chi connectivity index (χ3v) is 2.49. The van der Waals surface area contributed by atoms with Gasteiger partial charge in [0, 0.05) is 0 Å². The number of ketones is 1. The van der Waals surface area contributed by atoms with Crippen molar-refractivity contribution >= 4 is 17.6 Å². The lowest BCUT2D eigenvalue weighted by Crippen LogP contribution is -2.66. The Hall–Kier alpha value is -2.37. The maximum absolute atomic E-state index is 11.8. The Bertz CT molecular complexity index is 489. The Morgan fingerprint density at radius 2 is 1.71 bits per heavy atom. The van der Waals surface area contributed by atoms with Crippen LogP contribution in [0.3, 0.4) is 0 Å². The molecule has 0 spiro atoms. The molecular formula is C11H9N3O3. The second-order valence-corrected chi connectivity index (χ2v) is 3.62. The number of hydrogen-bond donors (Lipinski definition) is 1. The highest BCUT2D eigenvalue weighted by atomic mass is 16.2. The molecule has 1 aromatic carbocycles. The van der Waals surface area contributed by atoms with E-state index in [0.29, 0.717) is 11.1 Å². The van der Waals surface area contributed by atoms with Crippen molar-refractivity contribution in [2.75, 3.05) is 13.1 Å². The molecule has 0 atom stereocenters. The van der Waals surface area contributed by atoms with Crippen molar-refractivity contribution in [2.45, 2.75) is 0 Å². The average Bonchev–Trinajstić information content (AvgIpc) is 2.56. The lowest BCUT2D eigenvalue weighted by Gasteiger charge is -2.10. The summed E-state index contributed by atoms with van der Waals surface area (Å²) in [6.07, 6.45) is 0. The van der Waals surface area contributed by atoms with Gasteiger partial charge in [0.2, 0.25) is 5.78 Å². The van der Waals surface area contributed by atoms with Crippen LogP contribution in [0.15, 0.2) is 24.3 Å². The number of hydrogen-bond acceptors (Lipinski definition) is 3. The van der Waals surface area contributed by atoms with Crippen molar-refractivity contribution in [3.05, 3.63) is 40.9 Å². The molecule has 0 bridgehead atoms. The van der Waals surface area contributed by atoms with E-state index in [9.17, 15) is 14.4 Å². The van der Waals surface area contributed by atoms with Crippen molar-refractivity contribution in [1.29, 1.82) is 0 Å². The van der Waals surface area contributed by atoms with Gasteiger partial charge >= 0.3 is 0 Å². The number of nitrogens with one attached hydrogen (secondary N) is 1. The molecule has 86 valence electrons. The van der Waals surface area contributed by atoms with Crippen molar-refractivity contribution in [3.8, 4) is 0 Å². The highest BCUT2D eigenvalue weighted by Crippen LogP contribution is 2.21. The van der Waals surface area contributed by atoms with Crippen LogP contribution in [0.25, 0.3) is 5.53 Å². The smallest absolute Gasteiger partial charge is 0.261 e. The third kappa shape index (κ3) is 1.84. The molecule has 17 heavy (non-hydrogen) atoms. The van der Waals surface area contributed by atoms with E-state index < -0.39 is 17.6 Å². The van der Waals surface area contributed by atoms with Crippen LogP contribution in [0.4, 0.5) is 0 Å². The molecule has 0 fully saturated rings. The van der Waals surface area contributed by atoms with Crippen LogP contribution in [0.2, 0.25) is 0 Å². The van der Waals surface area contributed by atoms with Crippen LogP contribution < -0.4 is 5.11 Å². The molecule has 0 unspecified atom stereocenters. The molecule has 6 heteroatoms. The standard InChI is InChI=1S/C11H9N3O3/c12-13-5-7(15)6-14-10(16)8-3-1-2-4-9(8)11(14)17/h1-4,13H,5-6H2. The largest absolute Gasteiger partial charge is 0.508 e. The topological polar surface area (TPSA) is 90.7 Å². The summed E-state index contributed by atoms with van der Waals surface area (Å²) >= 11 is 0. The van der Waals surface area contributed by atoms with Gasteiger partial charge in [0.15, 0.2) is 6.54 Å². The first-order valence-electron chi connectivity index (χ1n) is 4.99. The number of imide groups is 1. The SMILES string of the molecule is [N-]=[NH+]CC(=O)CN1C(=O)c2ccccc2C1=O. The summed E-state index contributed by atoms with van der Waals surface area (Å²) in [6, 6.07) is 6.41. The molecule has 1 aliphatic heterocycles. The summed E-state index contributed by atoms with van der Waals surface area (Å²) in [6.45, 7) is -0.632. The maximum Gasteiger partial charge on any atom is 0.261 e. The average molecular weight is 231 g/mol. The summed E-state index contributed by atoms with van der Waals surface area (Å²) in [5.41, 5.74) is 8.97. The Kier molecular flexibility index (Phi) is 2.78. The number of nitrogens with zero attached hydrogens (tertiary/aromatic N) is 2. The summed E-state index contributed by atoms with van der Waals surface area (Å²) in [5, 5.41) is 1.69. The summed E-state index contributed by atoms with van der Waals surface area (Å²) in [4.78, 5) is 35.8. The maximum atomic E-state index is 11.8. The number of carbonyl (C=O) groups is 3. The zero-order chi connectivity index (χ0) is 12.4. The van der Waals surface area contributed by atoms with Gasteiger partial charge in [0.25, 0.3) is 11.8 Å². The van der Waals surface area contributed by atoms with E-state index in [1.54, 1.807) is 29.4 Å². The van der Waals surface area contributed by atoms with Crippen LogP contribution in [-0.2, 0) is 4.79 Å². The molecule has 1 heterocycles. The number of carbonyl (C=O) groups excluding carboxylic acids is 3. The highest BCUT2D eigenvalue weighted by molar-refractivity contribution is 6.22. The lowest BCUT2D eigenvalue weighted by atomic mass is 10.1. The zero-order valence-corrected chi connectivity index (χ0v) is 8.84. The van der Waals surface area contributed by atoms with Gasteiger partial charge in [-0.1, -0.05) is 12.1 Å². The Morgan fingerprint density at radius 3 is 2.18 bits per heavy atom. The van der Waals surface area contributed by atoms with Gasteiger partial charge < -0.3 is 10.6 Å². The number of amides is 2. The predicted molar refractivity (Wildman–Crippen MR) is 56.0 cm³/mol. The van der Waals surface area contributed by atoms with Crippen molar-refractivity contribution in [1.82, 2.24) is 4.90 Å². The first kappa shape index (κ1) is 11.1. The van der Waals surface area contributed by atoms with E-state index in [4.69, 9.17) is 5.53 Å². The van der Waals surface area contributed by atoms with Crippen LogP contribution in [0, 0.1) is 0 Å². The van der Waals surface area contributed by atoms with Gasteiger partial charge in [-0.25, -0.2) is 0 Å². The van der Waals surface area contributed by atoms with Gasteiger partial charge in [-0.3, -0.25) is 19.3 Å². The number of fused-ring (bicyclic) bond motifs is 1. The fourth-order valence-electron chi connectivity index (χ4n) is 1.70. The molecule has 0 saturated heterocycles. The van der Waals surface area contributed by atoms with Crippen molar-refractivity contribution in [3.63, 3.8) is 0 Å². The summed E-state index contributed by atoms with van der Waals surface area (Å²) < 4.78 is 0. The summed E-state index contributed by atoms with van der Waals surface area (Å²) in [5.74, 6) is -1.39. The normalized spacial score (nSPS) is 13.8. The number of rotatable bonds is 4. The van der Waals surface area contributed by atoms with Gasteiger partial charge in [0.1, 0.15) is 0 Å². The fraction of sp³-hybridized carbons (Fsp3) is 0.182. The van der Waals surface area contributed by atoms with Gasteiger partial charge in [-0.2, -0.15) is 0 Å².